The Morgan fingerprint density at radius 1 is 1.03 bits per heavy atom. The van der Waals surface area contributed by atoms with E-state index in [1.807, 2.05) is 6.07 Å². The van der Waals surface area contributed by atoms with Gasteiger partial charge in [-0.3, -0.25) is 9.69 Å². The minimum atomic E-state index is -0.0142. The number of hydrogen-bond acceptors (Lipinski definition) is 6. The highest BCUT2D eigenvalue weighted by Gasteiger charge is 2.50. The van der Waals surface area contributed by atoms with Crippen LogP contribution in [0.15, 0.2) is 24.5 Å². The van der Waals surface area contributed by atoms with E-state index < -0.39 is 0 Å². The summed E-state index contributed by atoms with van der Waals surface area (Å²) in [6.45, 7) is 4.43. The van der Waals surface area contributed by atoms with E-state index >= 15 is 0 Å². The van der Waals surface area contributed by atoms with E-state index in [4.69, 9.17) is 9.47 Å². The molecule has 1 aromatic carbocycles. The SMILES string of the molecule is O=C(NCC12CC3CC(CC(C3)C1)C2)c1ncnc2c1CCN(Cc1ccc3c(c1)OCCO3)C2. The minimum Gasteiger partial charge on any atom is -0.486 e. The van der Waals surface area contributed by atoms with Crippen LogP contribution in [0.5, 0.6) is 11.5 Å². The number of hydrogen-bond donors (Lipinski definition) is 1. The number of amides is 1. The van der Waals surface area contributed by atoms with Crippen LogP contribution in [-0.2, 0) is 19.5 Å². The van der Waals surface area contributed by atoms with Crippen molar-refractivity contribution in [2.24, 2.45) is 23.2 Å². The van der Waals surface area contributed by atoms with Crippen molar-refractivity contribution in [3.8, 4) is 11.5 Å². The number of rotatable bonds is 5. The summed E-state index contributed by atoms with van der Waals surface area (Å²) in [5, 5.41) is 3.32. The molecule has 4 fully saturated rings. The van der Waals surface area contributed by atoms with Gasteiger partial charge in [-0.1, -0.05) is 6.07 Å². The van der Waals surface area contributed by atoms with E-state index in [0.29, 0.717) is 24.3 Å². The van der Waals surface area contributed by atoms with Gasteiger partial charge >= 0.3 is 0 Å². The first-order valence-corrected chi connectivity index (χ1v) is 13.3. The summed E-state index contributed by atoms with van der Waals surface area (Å²) in [6.07, 6.45) is 10.5. The van der Waals surface area contributed by atoms with Gasteiger partial charge in [-0.15, -0.1) is 0 Å². The van der Waals surface area contributed by atoms with Crippen LogP contribution >= 0.6 is 0 Å². The van der Waals surface area contributed by atoms with E-state index in [2.05, 4.69) is 32.3 Å². The third-order valence-electron chi connectivity index (χ3n) is 9.10. The van der Waals surface area contributed by atoms with Crippen LogP contribution in [0.25, 0.3) is 0 Å². The fraction of sp³-hybridized carbons (Fsp3) is 0.607. The molecule has 184 valence electrons. The van der Waals surface area contributed by atoms with Crippen molar-refractivity contribution in [2.75, 3.05) is 26.3 Å². The second kappa shape index (κ2) is 8.47. The fourth-order valence-electron chi connectivity index (χ4n) is 8.04. The average Bonchev–Trinajstić information content (AvgIpc) is 2.86. The molecule has 6 aliphatic rings. The van der Waals surface area contributed by atoms with Gasteiger partial charge in [0.25, 0.3) is 5.91 Å². The Kier molecular flexibility index (Phi) is 5.23. The maximum atomic E-state index is 13.3. The maximum Gasteiger partial charge on any atom is 0.270 e. The standard InChI is InChI=1S/C28H34N4O3/c33-27(29-16-28-11-19-7-20(12-28)9-21(8-19)13-28)26-22-3-4-32(15-23(22)30-17-31-26)14-18-1-2-24-25(10-18)35-6-5-34-24/h1-2,10,17,19-21H,3-9,11-16H2,(H,29,33). The van der Waals surface area contributed by atoms with Gasteiger partial charge in [0.2, 0.25) is 0 Å². The third-order valence-corrected chi connectivity index (χ3v) is 9.10. The first kappa shape index (κ1) is 21.6. The fourth-order valence-corrected chi connectivity index (χ4v) is 8.04. The quantitative estimate of drug-likeness (QED) is 0.711. The number of nitrogens with one attached hydrogen (secondary N) is 1. The second-order valence-corrected chi connectivity index (χ2v) is 11.7. The molecule has 7 nitrogen and oxygen atoms in total. The van der Waals surface area contributed by atoms with Crippen molar-refractivity contribution in [1.29, 1.82) is 0 Å². The Morgan fingerprint density at radius 2 is 1.77 bits per heavy atom. The van der Waals surface area contributed by atoms with Crippen molar-refractivity contribution < 1.29 is 14.3 Å². The van der Waals surface area contributed by atoms with Crippen molar-refractivity contribution in [2.45, 2.75) is 58.0 Å². The Bertz CT molecular complexity index is 1110. The number of nitrogens with zero attached hydrogens (tertiary/aromatic N) is 3. The lowest BCUT2D eigenvalue weighted by Gasteiger charge is -2.56. The Labute approximate surface area is 206 Å². The molecule has 1 amide bonds. The highest BCUT2D eigenvalue weighted by Crippen LogP contribution is 2.59. The zero-order chi connectivity index (χ0) is 23.4. The summed E-state index contributed by atoms with van der Waals surface area (Å²) in [5.41, 5.74) is 4.11. The largest absolute Gasteiger partial charge is 0.486 e. The van der Waals surface area contributed by atoms with Crippen LogP contribution in [0.1, 0.15) is 65.8 Å². The van der Waals surface area contributed by atoms with Crippen molar-refractivity contribution >= 4 is 5.91 Å². The monoisotopic (exact) mass is 474 g/mol. The van der Waals surface area contributed by atoms with Crippen molar-refractivity contribution in [3.63, 3.8) is 0 Å². The van der Waals surface area contributed by atoms with Crippen molar-refractivity contribution in [1.82, 2.24) is 20.2 Å². The summed E-state index contributed by atoms with van der Waals surface area (Å²) in [4.78, 5) is 24.7. The van der Waals surface area contributed by atoms with Crippen LogP contribution < -0.4 is 14.8 Å². The number of aromatic nitrogens is 2. The maximum absolute atomic E-state index is 13.3. The number of carbonyl (C=O) groups excluding carboxylic acids is 1. The molecular weight excluding hydrogens is 440 g/mol. The lowest BCUT2D eigenvalue weighted by Crippen LogP contribution is -2.51. The molecule has 1 aromatic heterocycles. The smallest absolute Gasteiger partial charge is 0.270 e. The van der Waals surface area contributed by atoms with E-state index in [-0.39, 0.29) is 5.91 Å². The zero-order valence-corrected chi connectivity index (χ0v) is 20.3. The highest BCUT2D eigenvalue weighted by atomic mass is 16.6. The highest BCUT2D eigenvalue weighted by molar-refractivity contribution is 5.94. The number of benzene rings is 1. The van der Waals surface area contributed by atoms with Gasteiger partial charge in [0.05, 0.1) is 5.69 Å². The average molecular weight is 475 g/mol. The predicted molar refractivity (Wildman–Crippen MR) is 130 cm³/mol. The van der Waals surface area contributed by atoms with Gasteiger partial charge in [0.15, 0.2) is 11.5 Å². The lowest BCUT2D eigenvalue weighted by atomic mass is 9.49. The molecule has 35 heavy (non-hydrogen) atoms. The summed E-state index contributed by atoms with van der Waals surface area (Å²) in [6, 6.07) is 6.18. The molecule has 4 bridgehead atoms. The molecule has 1 N–H and O–H groups in total. The zero-order valence-electron chi connectivity index (χ0n) is 20.3. The summed E-state index contributed by atoms with van der Waals surface area (Å²) >= 11 is 0. The normalized spacial score (nSPS) is 30.7. The molecule has 0 saturated heterocycles. The van der Waals surface area contributed by atoms with Gasteiger partial charge < -0.3 is 14.8 Å². The Morgan fingerprint density at radius 3 is 2.54 bits per heavy atom. The molecule has 0 spiro atoms. The molecule has 2 aliphatic heterocycles. The first-order chi connectivity index (χ1) is 17.1. The van der Waals surface area contributed by atoms with Gasteiger partial charge in [-0.2, -0.15) is 0 Å². The van der Waals surface area contributed by atoms with E-state index in [0.717, 1.165) is 73.1 Å². The topological polar surface area (TPSA) is 76.6 Å². The third kappa shape index (κ3) is 4.07. The van der Waals surface area contributed by atoms with E-state index in [1.54, 1.807) is 6.33 Å². The molecule has 0 unspecified atom stereocenters. The predicted octanol–water partition coefficient (Wildman–Crippen LogP) is 3.75. The molecule has 4 saturated carbocycles. The molecule has 0 radical (unpaired) electrons. The van der Waals surface area contributed by atoms with Crippen LogP contribution in [0.2, 0.25) is 0 Å². The number of fused-ring (bicyclic) bond motifs is 2. The molecule has 8 rings (SSSR count). The summed E-state index contributed by atoms with van der Waals surface area (Å²) < 4.78 is 11.4. The summed E-state index contributed by atoms with van der Waals surface area (Å²) in [7, 11) is 0. The second-order valence-electron chi connectivity index (χ2n) is 11.7. The van der Waals surface area contributed by atoms with E-state index in [9.17, 15) is 4.79 Å². The Balaban J connectivity index is 1.02. The van der Waals surface area contributed by atoms with E-state index in [1.165, 1.54) is 44.1 Å². The van der Waals surface area contributed by atoms with Crippen LogP contribution in [0, 0.1) is 23.2 Å². The van der Waals surface area contributed by atoms with Gasteiger partial charge in [0, 0.05) is 31.7 Å². The van der Waals surface area contributed by atoms with Gasteiger partial charge in [-0.25, -0.2) is 9.97 Å². The Hall–Kier alpha value is -2.67. The molecule has 3 heterocycles. The molecule has 7 heteroatoms. The van der Waals surface area contributed by atoms with Gasteiger partial charge in [-0.05, 0) is 85.8 Å². The van der Waals surface area contributed by atoms with Gasteiger partial charge in [0.1, 0.15) is 25.2 Å². The molecule has 0 atom stereocenters. The molecule has 4 aliphatic carbocycles. The summed E-state index contributed by atoms with van der Waals surface area (Å²) in [5.74, 6) is 4.31. The number of carbonyl (C=O) groups is 1. The minimum absolute atomic E-state index is 0.0142. The molecular formula is C28H34N4O3. The lowest BCUT2D eigenvalue weighted by molar-refractivity contribution is -0.0503. The van der Waals surface area contributed by atoms with Crippen LogP contribution in [-0.4, -0.2) is 47.1 Å². The van der Waals surface area contributed by atoms with Crippen molar-refractivity contribution in [3.05, 3.63) is 47.0 Å². The van der Waals surface area contributed by atoms with Crippen LogP contribution in [0.4, 0.5) is 0 Å². The first-order valence-electron chi connectivity index (χ1n) is 13.3. The van der Waals surface area contributed by atoms with Crippen LogP contribution in [0.3, 0.4) is 0 Å². The molecule has 2 aromatic rings. The number of ether oxygens (including phenoxy) is 2.